The fraction of sp³-hybridized carbons (Fsp3) is 0.389. The fourth-order valence-electron chi connectivity index (χ4n) is 3.96. The Bertz CT molecular complexity index is 852. The van der Waals surface area contributed by atoms with Crippen LogP contribution in [0.25, 0.3) is 0 Å². The molecule has 4 rings (SSSR count). The van der Waals surface area contributed by atoms with Gasteiger partial charge in [-0.25, -0.2) is 4.90 Å². The van der Waals surface area contributed by atoms with E-state index in [2.05, 4.69) is 4.98 Å². The number of carbonyl (C=O) groups is 4. The number of nitrogens with zero attached hydrogens (tertiary/aromatic N) is 2. The van der Waals surface area contributed by atoms with Gasteiger partial charge in [0.15, 0.2) is 5.60 Å². The van der Waals surface area contributed by atoms with Crippen LogP contribution in [0, 0.1) is 11.8 Å². The first kappa shape index (κ1) is 17.3. The number of hydrogen-bond acceptors (Lipinski definition) is 8. The molecule has 2 bridgehead atoms. The van der Waals surface area contributed by atoms with Crippen LogP contribution in [0.1, 0.15) is 13.8 Å². The Morgan fingerprint density at radius 1 is 1.22 bits per heavy atom. The van der Waals surface area contributed by atoms with E-state index in [9.17, 15) is 19.2 Å². The van der Waals surface area contributed by atoms with Gasteiger partial charge in [0.2, 0.25) is 11.8 Å². The lowest BCUT2D eigenvalue weighted by Gasteiger charge is -2.34. The number of pyridine rings is 1. The number of ether oxygens (including phenoxy) is 3. The van der Waals surface area contributed by atoms with Crippen LogP contribution in [0.3, 0.4) is 0 Å². The van der Waals surface area contributed by atoms with Gasteiger partial charge in [-0.15, -0.1) is 0 Å². The molecule has 1 aromatic heterocycles. The van der Waals surface area contributed by atoms with E-state index >= 15 is 0 Å². The molecule has 0 spiro atoms. The summed E-state index contributed by atoms with van der Waals surface area (Å²) in [5.41, 5.74) is -1.20. The van der Waals surface area contributed by atoms with Crippen LogP contribution in [0.2, 0.25) is 0 Å². The summed E-state index contributed by atoms with van der Waals surface area (Å²) >= 11 is 0. The quantitative estimate of drug-likeness (QED) is 0.322. The first-order valence-corrected chi connectivity index (χ1v) is 8.34. The SMILES string of the molecule is CC(=O)OC(OC(C)=O)[C@@]12C=C[C@@H](O1)[C@@H]1C(=O)N(c3cccnc3)C(=O)[C@@H]12. The Hall–Kier alpha value is -3.07. The monoisotopic (exact) mass is 372 g/mol. The first-order valence-electron chi connectivity index (χ1n) is 8.34. The number of aromatic nitrogens is 1. The normalized spacial score (nSPS) is 30.8. The standard InChI is InChI=1S/C18H16N2O7/c1-9(21)25-17(26-10(2)22)18-6-5-12(27-18)13-14(18)16(24)20(15(13)23)11-4-3-7-19-8-11/h3-8,12-14,17H,1-2H3/t12-,13+,14-,18+/m1/s1. The van der Waals surface area contributed by atoms with Gasteiger partial charge < -0.3 is 14.2 Å². The van der Waals surface area contributed by atoms with Crippen molar-refractivity contribution in [3.63, 3.8) is 0 Å². The molecule has 0 radical (unpaired) electrons. The lowest BCUT2D eigenvalue weighted by Crippen LogP contribution is -2.52. The predicted molar refractivity (Wildman–Crippen MR) is 87.8 cm³/mol. The molecule has 27 heavy (non-hydrogen) atoms. The molecule has 4 heterocycles. The molecule has 0 aliphatic carbocycles. The Morgan fingerprint density at radius 3 is 2.52 bits per heavy atom. The third-order valence-corrected chi connectivity index (χ3v) is 4.90. The molecule has 0 unspecified atom stereocenters. The second-order valence-corrected chi connectivity index (χ2v) is 6.57. The van der Waals surface area contributed by atoms with E-state index in [0.29, 0.717) is 5.69 Å². The van der Waals surface area contributed by atoms with Crippen LogP contribution >= 0.6 is 0 Å². The number of rotatable bonds is 4. The van der Waals surface area contributed by atoms with Crippen LogP contribution in [-0.4, -0.2) is 46.7 Å². The maximum Gasteiger partial charge on any atom is 0.305 e. The highest BCUT2D eigenvalue weighted by Crippen LogP contribution is 2.54. The van der Waals surface area contributed by atoms with E-state index in [4.69, 9.17) is 14.2 Å². The number of carbonyl (C=O) groups excluding carboxylic acids is 4. The van der Waals surface area contributed by atoms with E-state index in [0.717, 1.165) is 18.7 Å². The zero-order valence-corrected chi connectivity index (χ0v) is 14.5. The minimum Gasteiger partial charge on any atom is -0.422 e. The maximum absolute atomic E-state index is 13.2. The van der Waals surface area contributed by atoms with Crippen molar-refractivity contribution >= 4 is 29.4 Å². The topological polar surface area (TPSA) is 112 Å². The summed E-state index contributed by atoms with van der Waals surface area (Å²) in [4.78, 5) is 54.1. The van der Waals surface area contributed by atoms with E-state index in [1.807, 2.05) is 0 Å². The third kappa shape index (κ3) is 2.46. The largest absolute Gasteiger partial charge is 0.422 e. The summed E-state index contributed by atoms with van der Waals surface area (Å²) in [6.07, 6.45) is 3.95. The van der Waals surface area contributed by atoms with Crippen molar-refractivity contribution in [1.29, 1.82) is 0 Å². The molecule has 0 N–H and O–H groups in total. The van der Waals surface area contributed by atoms with Crippen LogP contribution in [-0.2, 0) is 33.4 Å². The molecule has 4 atom stereocenters. The lowest BCUT2D eigenvalue weighted by molar-refractivity contribution is -0.226. The van der Waals surface area contributed by atoms with Crippen molar-refractivity contribution in [3.05, 3.63) is 36.7 Å². The summed E-state index contributed by atoms with van der Waals surface area (Å²) < 4.78 is 16.2. The predicted octanol–water partition coefficient (Wildman–Crippen LogP) is 0.347. The molecule has 3 aliphatic rings. The van der Waals surface area contributed by atoms with E-state index in [1.54, 1.807) is 18.2 Å². The number of hydrogen-bond donors (Lipinski definition) is 0. The molecular formula is C18H16N2O7. The van der Waals surface area contributed by atoms with Gasteiger partial charge in [-0.2, -0.15) is 0 Å². The number of amides is 2. The minimum atomic E-state index is -1.55. The van der Waals surface area contributed by atoms with Gasteiger partial charge in [0.25, 0.3) is 6.29 Å². The molecule has 2 fully saturated rings. The highest BCUT2D eigenvalue weighted by Gasteiger charge is 2.72. The molecule has 9 nitrogen and oxygen atoms in total. The zero-order chi connectivity index (χ0) is 19.3. The van der Waals surface area contributed by atoms with Crippen molar-refractivity contribution in [2.45, 2.75) is 31.8 Å². The van der Waals surface area contributed by atoms with Crippen LogP contribution in [0.15, 0.2) is 36.7 Å². The number of imide groups is 1. The van der Waals surface area contributed by atoms with Crippen molar-refractivity contribution in [2.75, 3.05) is 4.90 Å². The van der Waals surface area contributed by atoms with Crippen LogP contribution in [0.4, 0.5) is 5.69 Å². The zero-order valence-electron chi connectivity index (χ0n) is 14.5. The molecule has 1 aromatic rings. The third-order valence-electron chi connectivity index (χ3n) is 4.90. The summed E-state index contributed by atoms with van der Waals surface area (Å²) in [5, 5.41) is 0. The van der Waals surface area contributed by atoms with Gasteiger partial charge in [-0.05, 0) is 18.2 Å². The highest BCUT2D eigenvalue weighted by atomic mass is 16.7. The van der Waals surface area contributed by atoms with Crippen molar-refractivity contribution < 1.29 is 33.4 Å². The van der Waals surface area contributed by atoms with Crippen LogP contribution in [0.5, 0.6) is 0 Å². The Labute approximate surface area is 153 Å². The average Bonchev–Trinajstić information content (AvgIpc) is 3.26. The van der Waals surface area contributed by atoms with E-state index in [1.165, 1.54) is 18.5 Å². The van der Waals surface area contributed by atoms with Gasteiger partial charge in [0.05, 0.1) is 29.8 Å². The smallest absolute Gasteiger partial charge is 0.305 e. The Morgan fingerprint density at radius 2 is 1.93 bits per heavy atom. The van der Waals surface area contributed by atoms with Crippen molar-refractivity contribution in [2.24, 2.45) is 11.8 Å². The summed E-state index contributed by atoms with van der Waals surface area (Å²) in [6.45, 7) is 2.30. The van der Waals surface area contributed by atoms with Crippen LogP contribution < -0.4 is 4.90 Å². The van der Waals surface area contributed by atoms with Crippen molar-refractivity contribution in [3.8, 4) is 0 Å². The van der Waals surface area contributed by atoms with Crippen molar-refractivity contribution in [1.82, 2.24) is 4.98 Å². The fourth-order valence-corrected chi connectivity index (χ4v) is 3.96. The molecule has 9 heteroatoms. The Kier molecular flexibility index (Phi) is 3.84. The van der Waals surface area contributed by atoms with E-state index in [-0.39, 0.29) is 0 Å². The molecule has 0 saturated carbocycles. The average molecular weight is 372 g/mol. The number of esters is 2. The molecule has 0 aromatic carbocycles. The lowest BCUT2D eigenvalue weighted by atomic mass is 9.76. The minimum absolute atomic E-state index is 0.341. The Balaban J connectivity index is 1.75. The second-order valence-electron chi connectivity index (χ2n) is 6.57. The van der Waals surface area contributed by atoms with Gasteiger partial charge in [0.1, 0.15) is 0 Å². The van der Waals surface area contributed by atoms with Gasteiger partial charge in [-0.3, -0.25) is 24.2 Å². The molecule has 2 amide bonds. The number of fused-ring (bicyclic) bond motifs is 5. The summed E-state index contributed by atoms with van der Waals surface area (Å²) in [6, 6.07) is 3.21. The van der Waals surface area contributed by atoms with Gasteiger partial charge in [0, 0.05) is 20.0 Å². The summed E-state index contributed by atoms with van der Waals surface area (Å²) in [5.74, 6) is -4.14. The van der Waals surface area contributed by atoms with Gasteiger partial charge in [-0.1, -0.05) is 6.08 Å². The maximum atomic E-state index is 13.2. The number of anilines is 1. The molecule has 3 aliphatic heterocycles. The molecule has 140 valence electrons. The molecule has 2 saturated heterocycles. The first-order chi connectivity index (χ1) is 12.8. The highest BCUT2D eigenvalue weighted by molar-refractivity contribution is 6.23. The second kappa shape index (κ2) is 5.98. The van der Waals surface area contributed by atoms with E-state index < -0.39 is 53.6 Å². The molecular weight excluding hydrogens is 356 g/mol. The summed E-state index contributed by atoms with van der Waals surface area (Å²) in [7, 11) is 0. The van der Waals surface area contributed by atoms with Gasteiger partial charge >= 0.3 is 11.9 Å².